The second-order valence-corrected chi connectivity index (χ2v) is 6.93. The molecule has 0 aliphatic heterocycles. The maximum absolute atomic E-state index is 12.1. The van der Waals surface area contributed by atoms with Gasteiger partial charge in [0.2, 0.25) is 5.89 Å². The molecule has 3 aromatic rings. The summed E-state index contributed by atoms with van der Waals surface area (Å²) >= 11 is 1.47. The highest BCUT2D eigenvalue weighted by Crippen LogP contribution is 2.31. The molecule has 0 saturated carbocycles. The number of aryl methyl sites for hydroxylation is 2. The number of esters is 1. The van der Waals surface area contributed by atoms with Gasteiger partial charge in [0.15, 0.2) is 6.61 Å². The van der Waals surface area contributed by atoms with E-state index in [2.05, 4.69) is 10.2 Å². The average Bonchev–Trinajstić information content (AvgIpc) is 3.35. The van der Waals surface area contributed by atoms with Crippen molar-refractivity contribution in [2.75, 3.05) is 0 Å². The molecule has 0 atom stereocenters. The molecule has 0 spiro atoms. The number of fused-ring (bicyclic) bond motifs is 1. The lowest BCUT2D eigenvalue weighted by Crippen LogP contribution is -2.03. The number of non-ortho nitro benzene ring substituents is 1. The molecule has 0 N–H and O–H groups in total. The summed E-state index contributed by atoms with van der Waals surface area (Å²) in [4.78, 5) is 24.2. The maximum Gasteiger partial charge on any atom is 0.348 e. The van der Waals surface area contributed by atoms with Crippen molar-refractivity contribution >= 4 is 23.0 Å². The average molecular weight is 371 g/mol. The van der Waals surface area contributed by atoms with Gasteiger partial charge in [-0.1, -0.05) is 0 Å². The fraction of sp³-hybridized carbons (Fsp3) is 0.235. The molecule has 4 rings (SSSR count). The van der Waals surface area contributed by atoms with Crippen LogP contribution in [-0.2, 0) is 24.2 Å². The van der Waals surface area contributed by atoms with Crippen molar-refractivity contribution in [2.45, 2.75) is 25.9 Å². The first-order valence-corrected chi connectivity index (χ1v) is 8.78. The van der Waals surface area contributed by atoms with Gasteiger partial charge in [0.25, 0.3) is 11.6 Å². The van der Waals surface area contributed by atoms with Crippen LogP contribution in [0.1, 0.15) is 32.4 Å². The number of nitro benzene ring substituents is 1. The van der Waals surface area contributed by atoms with Crippen molar-refractivity contribution in [2.24, 2.45) is 0 Å². The predicted molar refractivity (Wildman–Crippen MR) is 91.9 cm³/mol. The number of hydrogen-bond acceptors (Lipinski definition) is 8. The van der Waals surface area contributed by atoms with E-state index in [0.717, 1.165) is 19.3 Å². The number of thiophene rings is 1. The number of benzene rings is 1. The molecular formula is C17H13N3O5S. The van der Waals surface area contributed by atoms with Gasteiger partial charge >= 0.3 is 5.97 Å². The molecule has 0 amide bonds. The number of rotatable bonds is 5. The van der Waals surface area contributed by atoms with Gasteiger partial charge in [-0.3, -0.25) is 10.1 Å². The maximum atomic E-state index is 12.1. The lowest BCUT2D eigenvalue weighted by atomic mass is 10.2. The van der Waals surface area contributed by atoms with E-state index >= 15 is 0 Å². The summed E-state index contributed by atoms with van der Waals surface area (Å²) in [7, 11) is 0. The first-order valence-electron chi connectivity index (χ1n) is 7.96. The summed E-state index contributed by atoms with van der Waals surface area (Å²) in [5, 5.41) is 18.4. The molecule has 0 fully saturated rings. The highest BCUT2D eigenvalue weighted by Gasteiger charge is 2.20. The highest BCUT2D eigenvalue weighted by molar-refractivity contribution is 7.14. The first kappa shape index (κ1) is 16.4. The molecule has 2 aromatic heterocycles. The molecule has 2 heterocycles. The SMILES string of the molecule is O=C(OCc1nnc(-c2ccc([N+](=O)[O-])cc2)o1)c1cc2c(s1)CCC2. The van der Waals surface area contributed by atoms with Gasteiger partial charge in [-0.05, 0) is 43.0 Å². The quantitative estimate of drug-likeness (QED) is 0.383. The van der Waals surface area contributed by atoms with Crippen LogP contribution in [0.2, 0.25) is 0 Å². The fourth-order valence-electron chi connectivity index (χ4n) is 2.78. The second-order valence-electron chi connectivity index (χ2n) is 5.79. The van der Waals surface area contributed by atoms with E-state index in [1.54, 1.807) is 0 Å². The van der Waals surface area contributed by atoms with Crippen LogP contribution < -0.4 is 0 Å². The van der Waals surface area contributed by atoms with Gasteiger partial charge < -0.3 is 9.15 Å². The Hall–Kier alpha value is -3.07. The van der Waals surface area contributed by atoms with Gasteiger partial charge in [-0.25, -0.2) is 4.79 Å². The number of carbonyl (C=O) groups is 1. The van der Waals surface area contributed by atoms with Crippen molar-refractivity contribution in [3.63, 3.8) is 0 Å². The monoisotopic (exact) mass is 371 g/mol. The topological polar surface area (TPSA) is 108 Å². The zero-order valence-electron chi connectivity index (χ0n) is 13.5. The molecule has 26 heavy (non-hydrogen) atoms. The van der Waals surface area contributed by atoms with E-state index in [4.69, 9.17) is 9.15 Å². The van der Waals surface area contributed by atoms with E-state index in [-0.39, 0.29) is 24.1 Å². The Balaban J connectivity index is 1.40. The van der Waals surface area contributed by atoms with E-state index in [9.17, 15) is 14.9 Å². The summed E-state index contributed by atoms with van der Waals surface area (Å²) in [6, 6.07) is 7.65. The molecule has 9 heteroatoms. The van der Waals surface area contributed by atoms with E-state index in [0.29, 0.717) is 10.4 Å². The van der Waals surface area contributed by atoms with E-state index in [1.807, 2.05) is 6.07 Å². The predicted octanol–water partition coefficient (Wildman–Crippen LogP) is 3.55. The van der Waals surface area contributed by atoms with Crippen LogP contribution in [0.3, 0.4) is 0 Å². The highest BCUT2D eigenvalue weighted by atomic mass is 32.1. The lowest BCUT2D eigenvalue weighted by Gasteiger charge is -1.99. The summed E-state index contributed by atoms with van der Waals surface area (Å²) in [6.07, 6.45) is 3.18. The zero-order chi connectivity index (χ0) is 18.1. The molecule has 132 valence electrons. The van der Waals surface area contributed by atoms with Crippen LogP contribution in [0, 0.1) is 10.1 Å². The number of aromatic nitrogens is 2. The number of ether oxygens (including phenoxy) is 1. The zero-order valence-corrected chi connectivity index (χ0v) is 14.3. The fourth-order valence-corrected chi connectivity index (χ4v) is 3.93. The van der Waals surface area contributed by atoms with Crippen LogP contribution in [-0.4, -0.2) is 21.1 Å². The number of hydrogen-bond donors (Lipinski definition) is 0. The summed E-state index contributed by atoms with van der Waals surface area (Å²) in [5.41, 5.74) is 1.76. The van der Waals surface area contributed by atoms with Crippen LogP contribution in [0.15, 0.2) is 34.7 Å². The normalized spacial score (nSPS) is 12.8. The standard InChI is InChI=1S/C17H13N3O5S/c21-17(14-8-11-2-1-3-13(11)26-14)24-9-15-18-19-16(25-15)10-4-6-12(7-5-10)20(22)23/h4-8H,1-3,9H2. The van der Waals surface area contributed by atoms with Crippen molar-refractivity contribution in [3.05, 3.63) is 61.7 Å². The number of nitrogens with zero attached hydrogens (tertiary/aromatic N) is 3. The van der Waals surface area contributed by atoms with Crippen LogP contribution in [0.4, 0.5) is 5.69 Å². The molecule has 1 aliphatic rings. The minimum absolute atomic E-state index is 0.0229. The van der Waals surface area contributed by atoms with Crippen molar-refractivity contribution < 1.29 is 18.9 Å². The minimum Gasteiger partial charge on any atom is -0.451 e. The molecule has 1 aliphatic carbocycles. The minimum atomic E-state index is -0.483. The second kappa shape index (κ2) is 6.68. The number of nitro groups is 1. The molecule has 8 nitrogen and oxygen atoms in total. The van der Waals surface area contributed by atoms with Gasteiger partial charge in [0.1, 0.15) is 4.88 Å². The van der Waals surface area contributed by atoms with Crippen molar-refractivity contribution in [3.8, 4) is 11.5 Å². The Kier molecular flexibility index (Phi) is 4.21. The molecule has 0 saturated heterocycles. The van der Waals surface area contributed by atoms with Crippen LogP contribution in [0.25, 0.3) is 11.5 Å². The summed E-state index contributed by atoms with van der Waals surface area (Å²) in [5.74, 6) is -0.0312. The van der Waals surface area contributed by atoms with Gasteiger partial charge in [0, 0.05) is 22.6 Å². The van der Waals surface area contributed by atoms with E-state index in [1.165, 1.54) is 46.0 Å². The Labute approximate surface area is 151 Å². The molecule has 0 radical (unpaired) electrons. The third-order valence-corrected chi connectivity index (χ3v) is 5.28. The van der Waals surface area contributed by atoms with Crippen LogP contribution >= 0.6 is 11.3 Å². The molecule has 1 aromatic carbocycles. The first-order chi connectivity index (χ1) is 12.6. The molecular weight excluding hydrogens is 358 g/mol. The summed E-state index contributed by atoms with van der Waals surface area (Å²) in [6.45, 7) is -0.124. The van der Waals surface area contributed by atoms with Gasteiger partial charge in [0.05, 0.1) is 4.92 Å². The Morgan fingerprint density at radius 2 is 2.08 bits per heavy atom. The lowest BCUT2D eigenvalue weighted by molar-refractivity contribution is -0.384. The largest absolute Gasteiger partial charge is 0.451 e. The molecule has 0 bridgehead atoms. The Bertz CT molecular complexity index is 955. The third-order valence-electron chi connectivity index (χ3n) is 4.07. The van der Waals surface area contributed by atoms with Crippen LogP contribution in [0.5, 0.6) is 0 Å². The van der Waals surface area contributed by atoms with Crippen molar-refractivity contribution in [1.29, 1.82) is 0 Å². The van der Waals surface area contributed by atoms with Crippen molar-refractivity contribution in [1.82, 2.24) is 10.2 Å². The number of carbonyl (C=O) groups excluding carboxylic acids is 1. The third kappa shape index (κ3) is 3.21. The Morgan fingerprint density at radius 3 is 2.81 bits per heavy atom. The Morgan fingerprint density at radius 1 is 1.27 bits per heavy atom. The molecule has 0 unspecified atom stereocenters. The van der Waals surface area contributed by atoms with Gasteiger partial charge in [-0.15, -0.1) is 21.5 Å². The van der Waals surface area contributed by atoms with E-state index < -0.39 is 10.9 Å². The van der Waals surface area contributed by atoms with Gasteiger partial charge in [-0.2, -0.15) is 0 Å². The summed E-state index contributed by atoms with van der Waals surface area (Å²) < 4.78 is 10.7. The smallest absolute Gasteiger partial charge is 0.348 e.